The van der Waals surface area contributed by atoms with Crippen LogP contribution in [-0.2, 0) is 6.42 Å². The molecule has 0 amide bonds. The van der Waals surface area contributed by atoms with Crippen LogP contribution in [0.25, 0.3) is 16.9 Å². The molecule has 0 saturated heterocycles. The largest absolute Gasteiger partial charge is 0.491 e. The summed E-state index contributed by atoms with van der Waals surface area (Å²) in [6.07, 6.45) is 2.87. The van der Waals surface area contributed by atoms with Gasteiger partial charge in [-0.25, -0.2) is 9.50 Å². The van der Waals surface area contributed by atoms with Crippen LogP contribution in [-0.4, -0.2) is 32.9 Å². The summed E-state index contributed by atoms with van der Waals surface area (Å²) < 4.78 is 7.16. The standard InChI is InChI=1S/C22H22N4O2/c1-2-16-4-3-5-17(14-16)20-10-11-22-24-21(15-26(22)25-20)23-18-6-8-19(9-7-18)28-13-12-27/h3-11,14-15,23,27H,2,12-13H2,1H3. The summed E-state index contributed by atoms with van der Waals surface area (Å²) in [7, 11) is 0. The van der Waals surface area contributed by atoms with Crippen molar-refractivity contribution in [1.82, 2.24) is 14.6 Å². The van der Waals surface area contributed by atoms with Crippen molar-refractivity contribution in [2.75, 3.05) is 18.5 Å². The van der Waals surface area contributed by atoms with Gasteiger partial charge in [0.25, 0.3) is 0 Å². The third kappa shape index (κ3) is 3.97. The summed E-state index contributed by atoms with van der Waals surface area (Å²) >= 11 is 0. The first-order valence-corrected chi connectivity index (χ1v) is 9.31. The Hall–Kier alpha value is -3.38. The third-order valence-electron chi connectivity index (χ3n) is 4.44. The zero-order valence-electron chi connectivity index (χ0n) is 15.7. The summed E-state index contributed by atoms with van der Waals surface area (Å²) in [5.41, 5.74) is 4.98. The topological polar surface area (TPSA) is 71.7 Å². The first kappa shape index (κ1) is 18.0. The number of fused-ring (bicyclic) bond motifs is 1. The first-order valence-electron chi connectivity index (χ1n) is 9.31. The Bertz CT molecular complexity index is 1070. The molecule has 0 aliphatic heterocycles. The van der Waals surface area contributed by atoms with Crippen LogP contribution in [0, 0.1) is 0 Å². The number of aromatic nitrogens is 3. The maximum atomic E-state index is 8.81. The summed E-state index contributed by atoms with van der Waals surface area (Å²) in [6.45, 7) is 2.43. The van der Waals surface area contributed by atoms with Gasteiger partial charge in [-0.2, -0.15) is 5.10 Å². The van der Waals surface area contributed by atoms with Crippen LogP contribution in [0.2, 0.25) is 0 Å². The van der Waals surface area contributed by atoms with Gasteiger partial charge in [0.1, 0.15) is 12.4 Å². The van der Waals surface area contributed by atoms with Crippen molar-refractivity contribution in [2.24, 2.45) is 0 Å². The number of rotatable bonds is 7. The first-order chi connectivity index (χ1) is 13.7. The van der Waals surface area contributed by atoms with Crippen molar-refractivity contribution in [3.05, 3.63) is 72.4 Å². The van der Waals surface area contributed by atoms with Crippen LogP contribution in [0.4, 0.5) is 11.5 Å². The molecule has 2 aromatic carbocycles. The number of benzene rings is 2. The van der Waals surface area contributed by atoms with Gasteiger partial charge < -0.3 is 15.2 Å². The predicted octanol–water partition coefficient (Wildman–Crippen LogP) is 4.07. The summed E-state index contributed by atoms with van der Waals surface area (Å²) in [5.74, 6) is 1.44. The van der Waals surface area contributed by atoms with Gasteiger partial charge in [-0.1, -0.05) is 25.1 Å². The number of hydrogen-bond acceptors (Lipinski definition) is 5. The van der Waals surface area contributed by atoms with E-state index in [1.165, 1.54) is 5.56 Å². The molecule has 2 N–H and O–H groups in total. The lowest BCUT2D eigenvalue weighted by atomic mass is 10.1. The number of nitrogens with one attached hydrogen (secondary N) is 1. The lowest BCUT2D eigenvalue weighted by molar-refractivity contribution is 0.201. The average Bonchev–Trinajstić information content (AvgIpc) is 3.14. The quantitative estimate of drug-likeness (QED) is 0.510. The fourth-order valence-corrected chi connectivity index (χ4v) is 2.99. The second-order valence-electron chi connectivity index (χ2n) is 6.42. The molecule has 0 radical (unpaired) electrons. The smallest absolute Gasteiger partial charge is 0.156 e. The van der Waals surface area contributed by atoms with Gasteiger partial charge in [0.05, 0.1) is 18.5 Å². The lowest BCUT2D eigenvalue weighted by Gasteiger charge is -2.06. The van der Waals surface area contributed by atoms with Crippen LogP contribution < -0.4 is 10.1 Å². The fraction of sp³-hybridized carbons (Fsp3) is 0.182. The highest BCUT2D eigenvalue weighted by atomic mass is 16.5. The fourth-order valence-electron chi connectivity index (χ4n) is 2.99. The van der Waals surface area contributed by atoms with E-state index in [0.717, 1.165) is 40.6 Å². The maximum Gasteiger partial charge on any atom is 0.156 e. The van der Waals surface area contributed by atoms with Gasteiger partial charge in [-0.05, 0) is 54.4 Å². The number of aryl methyl sites for hydroxylation is 1. The van der Waals surface area contributed by atoms with Crippen molar-refractivity contribution in [3.8, 4) is 17.0 Å². The van der Waals surface area contributed by atoms with Gasteiger partial charge >= 0.3 is 0 Å². The molecule has 0 aliphatic rings. The predicted molar refractivity (Wildman–Crippen MR) is 110 cm³/mol. The molecule has 6 nitrogen and oxygen atoms in total. The molecule has 28 heavy (non-hydrogen) atoms. The van der Waals surface area contributed by atoms with Crippen LogP contribution in [0.15, 0.2) is 66.9 Å². The monoisotopic (exact) mass is 374 g/mol. The molecule has 6 heteroatoms. The molecule has 4 aromatic rings. The number of hydrogen-bond donors (Lipinski definition) is 2. The van der Waals surface area contributed by atoms with Crippen molar-refractivity contribution in [3.63, 3.8) is 0 Å². The molecule has 4 rings (SSSR count). The van der Waals surface area contributed by atoms with Gasteiger partial charge in [0, 0.05) is 11.3 Å². The Labute approximate surface area is 163 Å². The number of anilines is 2. The van der Waals surface area contributed by atoms with E-state index in [1.54, 1.807) is 4.52 Å². The van der Waals surface area contributed by atoms with E-state index in [9.17, 15) is 0 Å². The van der Waals surface area contributed by atoms with Gasteiger partial charge in [0.15, 0.2) is 11.5 Å². The van der Waals surface area contributed by atoms with E-state index < -0.39 is 0 Å². The van der Waals surface area contributed by atoms with Crippen LogP contribution in [0.1, 0.15) is 12.5 Å². The third-order valence-corrected chi connectivity index (χ3v) is 4.44. The SMILES string of the molecule is CCc1cccc(-c2ccc3nc(Nc4ccc(OCCO)cc4)cn3n2)c1. The Morgan fingerprint density at radius 3 is 2.71 bits per heavy atom. The Morgan fingerprint density at radius 1 is 1.07 bits per heavy atom. The Morgan fingerprint density at radius 2 is 1.93 bits per heavy atom. The van der Waals surface area contributed by atoms with Crippen molar-refractivity contribution < 1.29 is 9.84 Å². The van der Waals surface area contributed by atoms with Crippen LogP contribution in [0.5, 0.6) is 5.75 Å². The van der Waals surface area contributed by atoms with E-state index in [2.05, 4.69) is 41.5 Å². The molecule has 2 aromatic heterocycles. The maximum absolute atomic E-state index is 8.81. The van der Waals surface area contributed by atoms with Crippen molar-refractivity contribution in [1.29, 1.82) is 0 Å². The number of ether oxygens (including phenoxy) is 1. The Balaban J connectivity index is 1.54. The molecule has 0 fully saturated rings. The van der Waals surface area contributed by atoms with Crippen LogP contribution in [0.3, 0.4) is 0 Å². The molecule has 0 aliphatic carbocycles. The highest BCUT2D eigenvalue weighted by Gasteiger charge is 2.06. The molecule has 0 spiro atoms. The zero-order chi connectivity index (χ0) is 19.3. The van der Waals surface area contributed by atoms with Gasteiger partial charge in [-0.3, -0.25) is 0 Å². The molecule has 2 heterocycles. The number of nitrogens with zero attached hydrogens (tertiary/aromatic N) is 3. The summed E-state index contributed by atoms with van der Waals surface area (Å²) in [5, 5.41) is 16.8. The molecule has 142 valence electrons. The molecular formula is C22H22N4O2. The second-order valence-corrected chi connectivity index (χ2v) is 6.42. The highest BCUT2D eigenvalue weighted by molar-refractivity contribution is 5.63. The lowest BCUT2D eigenvalue weighted by Crippen LogP contribution is -2.01. The minimum Gasteiger partial charge on any atom is -0.491 e. The molecule has 0 atom stereocenters. The van der Waals surface area contributed by atoms with E-state index in [4.69, 9.17) is 14.9 Å². The molecule has 0 saturated carbocycles. The minimum atomic E-state index is -0.00102. The zero-order valence-corrected chi connectivity index (χ0v) is 15.7. The number of aliphatic hydroxyl groups is 1. The molecular weight excluding hydrogens is 352 g/mol. The molecule has 0 bridgehead atoms. The van der Waals surface area contributed by atoms with E-state index in [0.29, 0.717) is 0 Å². The number of aliphatic hydroxyl groups excluding tert-OH is 1. The normalized spacial score (nSPS) is 10.9. The van der Waals surface area contributed by atoms with Crippen molar-refractivity contribution >= 4 is 17.2 Å². The highest BCUT2D eigenvalue weighted by Crippen LogP contribution is 2.22. The second kappa shape index (κ2) is 8.10. The van der Waals surface area contributed by atoms with Crippen LogP contribution >= 0.6 is 0 Å². The van der Waals surface area contributed by atoms with Gasteiger partial charge in [0.2, 0.25) is 0 Å². The average molecular weight is 374 g/mol. The molecule has 0 unspecified atom stereocenters. The number of imidazole rings is 1. The van der Waals surface area contributed by atoms with E-state index in [-0.39, 0.29) is 13.2 Å². The van der Waals surface area contributed by atoms with Gasteiger partial charge in [-0.15, -0.1) is 0 Å². The van der Waals surface area contributed by atoms with E-state index >= 15 is 0 Å². The summed E-state index contributed by atoms with van der Waals surface area (Å²) in [4.78, 5) is 4.57. The summed E-state index contributed by atoms with van der Waals surface area (Å²) in [6, 6.07) is 19.9. The van der Waals surface area contributed by atoms with E-state index in [1.807, 2.05) is 42.6 Å². The minimum absolute atomic E-state index is 0.00102. The Kier molecular flexibility index (Phi) is 5.21. The van der Waals surface area contributed by atoms with Crippen molar-refractivity contribution in [2.45, 2.75) is 13.3 Å².